The maximum Gasteiger partial charge on any atom is 0.129 e. The largest absolute Gasteiger partial charge is 0.340 e. The smallest absolute Gasteiger partial charge is 0.129 e. The fourth-order valence-corrected chi connectivity index (χ4v) is 4.45. The van der Waals surface area contributed by atoms with E-state index in [-0.39, 0.29) is 5.41 Å². The summed E-state index contributed by atoms with van der Waals surface area (Å²) in [5.74, 6) is 1.85. The molecule has 0 aromatic heterocycles. The summed E-state index contributed by atoms with van der Waals surface area (Å²) in [6.07, 6.45) is 14.4. The number of anilines is 1. The van der Waals surface area contributed by atoms with Crippen LogP contribution in [0.2, 0.25) is 0 Å². The fraction of sp³-hybridized carbons (Fsp3) is 0.323. The number of hydrogen-bond acceptors (Lipinski definition) is 3. The molecule has 0 aliphatic heterocycles. The SMILES string of the molecule is C=C/C=C(\N=CC)Nc1ccc(Cc2ccc(C(C)(C)C3=CC(CCN)C(C)C=C3)cc2)cc1. The van der Waals surface area contributed by atoms with Crippen LogP contribution in [0.5, 0.6) is 0 Å². The van der Waals surface area contributed by atoms with Crippen LogP contribution in [0, 0.1) is 11.8 Å². The monoisotopic (exact) mass is 453 g/mol. The van der Waals surface area contributed by atoms with E-state index in [1.165, 1.54) is 22.3 Å². The third-order valence-corrected chi connectivity index (χ3v) is 6.72. The highest BCUT2D eigenvalue weighted by Gasteiger charge is 2.28. The van der Waals surface area contributed by atoms with Gasteiger partial charge in [0.05, 0.1) is 0 Å². The molecule has 3 heteroatoms. The second-order valence-corrected chi connectivity index (χ2v) is 9.58. The van der Waals surface area contributed by atoms with E-state index in [1.54, 1.807) is 12.3 Å². The Balaban J connectivity index is 1.69. The molecule has 178 valence electrons. The van der Waals surface area contributed by atoms with Gasteiger partial charge in [-0.1, -0.05) is 88.1 Å². The highest BCUT2D eigenvalue weighted by Crippen LogP contribution is 2.37. The van der Waals surface area contributed by atoms with E-state index in [9.17, 15) is 0 Å². The van der Waals surface area contributed by atoms with Gasteiger partial charge in [0.1, 0.15) is 5.82 Å². The van der Waals surface area contributed by atoms with Crippen LogP contribution in [0.1, 0.15) is 50.8 Å². The molecule has 3 nitrogen and oxygen atoms in total. The van der Waals surface area contributed by atoms with E-state index in [0.29, 0.717) is 11.8 Å². The van der Waals surface area contributed by atoms with Crippen LogP contribution in [0.3, 0.4) is 0 Å². The van der Waals surface area contributed by atoms with Gasteiger partial charge in [0.2, 0.25) is 0 Å². The van der Waals surface area contributed by atoms with E-state index < -0.39 is 0 Å². The molecule has 1 aliphatic rings. The summed E-state index contributed by atoms with van der Waals surface area (Å²) in [5, 5.41) is 3.31. The third kappa shape index (κ3) is 6.45. The number of benzene rings is 2. The molecule has 3 rings (SSSR count). The van der Waals surface area contributed by atoms with Gasteiger partial charge in [0, 0.05) is 17.3 Å². The minimum absolute atomic E-state index is 0.0348. The molecule has 0 saturated heterocycles. The molecule has 2 aromatic rings. The Morgan fingerprint density at radius 3 is 2.32 bits per heavy atom. The normalized spacial score (nSPS) is 18.7. The first-order chi connectivity index (χ1) is 16.4. The summed E-state index contributed by atoms with van der Waals surface area (Å²) in [5.41, 5.74) is 12.1. The Hall–Kier alpha value is -3.17. The lowest BCUT2D eigenvalue weighted by Gasteiger charge is -2.32. The van der Waals surface area contributed by atoms with Gasteiger partial charge in [0.25, 0.3) is 0 Å². The molecule has 0 bridgehead atoms. The molecule has 2 atom stereocenters. The van der Waals surface area contributed by atoms with Gasteiger partial charge in [-0.15, -0.1) is 0 Å². The summed E-state index contributed by atoms with van der Waals surface area (Å²) in [6.45, 7) is 13.3. The van der Waals surface area contributed by atoms with Crippen molar-refractivity contribution in [3.05, 3.63) is 114 Å². The molecule has 0 saturated carbocycles. The summed E-state index contributed by atoms with van der Waals surface area (Å²) < 4.78 is 0. The van der Waals surface area contributed by atoms with E-state index in [1.807, 2.05) is 13.0 Å². The van der Waals surface area contributed by atoms with Gasteiger partial charge in [0.15, 0.2) is 0 Å². The van der Waals surface area contributed by atoms with Crippen molar-refractivity contribution in [2.45, 2.75) is 46.0 Å². The average molecular weight is 454 g/mol. The first kappa shape index (κ1) is 25.5. The fourth-order valence-electron chi connectivity index (χ4n) is 4.45. The lowest BCUT2D eigenvalue weighted by Crippen LogP contribution is -2.24. The molecule has 2 unspecified atom stereocenters. The Labute approximate surface area is 205 Å². The van der Waals surface area contributed by atoms with Crippen molar-refractivity contribution >= 4 is 11.9 Å². The number of nitrogens with two attached hydrogens (primary N) is 1. The van der Waals surface area contributed by atoms with Crippen LogP contribution in [0.15, 0.2) is 102 Å². The summed E-state index contributed by atoms with van der Waals surface area (Å²) in [6, 6.07) is 17.6. The molecule has 34 heavy (non-hydrogen) atoms. The van der Waals surface area contributed by atoms with E-state index in [4.69, 9.17) is 5.73 Å². The van der Waals surface area contributed by atoms with Crippen LogP contribution in [0.4, 0.5) is 5.69 Å². The second-order valence-electron chi connectivity index (χ2n) is 9.58. The van der Waals surface area contributed by atoms with Gasteiger partial charge >= 0.3 is 0 Å². The Bertz CT molecular complexity index is 1070. The van der Waals surface area contributed by atoms with Crippen LogP contribution in [0.25, 0.3) is 0 Å². The van der Waals surface area contributed by atoms with Gasteiger partial charge in [-0.2, -0.15) is 0 Å². The van der Waals surface area contributed by atoms with Crippen LogP contribution in [-0.2, 0) is 11.8 Å². The molecular weight excluding hydrogens is 414 g/mol. The predicted molar refractivity (Wildman–Crippen MR) is 148 cm³/mol. The quantitative estimate of drug-likeness (QED) is 0.296. The zero-order chi connectivity index (χ0) is 24.6. The Morgan fingerprint density at radius 1 is 1.09 bits per heavy atom. The van der Waals surface area contributed by atoms with Gasteiger partial charge < -0.3 is 11.1 Å². The number of hydrogen-bond donors (Lipinski definition) is 2. The van der Waals surface area contributed by atoms with Crippen LogP contribution >= 0.6 is 0 Å². The predicted octanol–water partition coefficient (Wildman–Crippen LogP) is 7.18. The highest BCUT2D eigenvalue weighted by atomic mass is 15.0. The summed E-state index contributed by atoms with van der Waals surface area (Å²) in [4.78, 5) is 4.32. The van der Waals surface area contributed by atoms with Gasteiger partial charge in [-0.05, 0) is 78.6 Å². The number of rotatable bonds is 10. The number of nitrogens with zero attached hydrogens (tertiary/aromatic N) is 1. The molecule has 0 heterocycles. The number of aliphatic imine (C=N–C) groups is 1. The van der Waals surface area contributed by atoms with Crippen molar-refractivity contribution in [3.8, 4) is 0 Å². The first-order valence-corrected chi connectivity index (χ1v) is 12.2. The molecule has 2 aromatic carbocycles. The Kier molecular flexibility index (Phi) is 8.84. The Morgan fingerprint density at radius 2 is 1.74 bits per heavy atom. The van der Waals surface area contributed by atoms with E-state index >= 15 is 0 Å². The molecule has 3 N–H and O–H groups in total. The lowest BCUT2D eigenvalue weighted by atomic mass is 9.72. The van der Waals surface area contributed by atoms with E-state index in [2.05, 4.69) is 104 Å². The number of nitrogens with one attached hydrogen (secondary N) is 1. The van der Waals surface area contributed by atoms with Crippen molar-refractivity contribution < 1.29 is 0 Å². The maximum absolute atomic E-state index is 5.85. The third-order valence-electron chi connectivity index (χ3n) is 6.72. The summed E-state index contributed by atoms with van der Waals surface area (Å²) in [7, 11) is 0. The van der Waals surface area contributed by atoms with Crippen LogP contribution in [-0.4, -0.2) is 12.8 Å². The zero-order valence-corrected chi connectivity index (χ0v) is 21.1. The average Bonchev–Trinajstić information content (AvgIpc) is 2.82. The molecule has 1 aliphatic carbocycles. The molecule has 0 radical (unpaired) electrons. The van der Waals surface area contributed by atoms with Crippen molar-refractivity contribution in [1.82, 2.24) is 0 Å². The van der Waals surface area contributed by atoms with E-state index in [0.717, 1.165) is 30.9 Å². The first-order valence-electron chi connectivity index (χ1n) is 12.2. The van der Waals surface area contributed by atoms with Crippen LogP contribution < -0.4 is 11.1 Å². The minimum Gasteiger partial charge on any atom is -0.340 e. The zero-order valence-electron chi connectivity index (χ0n) is 21.1. The highest BCUT2D eigenvalue weighted by molar-refractivity contribution is 5.58. The molecular formula is C31H39N3. The topological polar surface area (TPSA) is 50.4 Å². The van der Waals surface area contributed by atoms with Crippen molar-refractivity contribution in [1.29, 1.82) is 0 Å². The molecule has 0 fully saturated rings. The standard InChI is InChI=1S/C31H39N3/c1-6-8-30(33-7-2)34-29-17-12-25(13-18-29)21-24-10-15-27(16-11-24)31(4,5)28-14-9-23(3)26(22-28)19-20-32/h6-18,22-23,26,34H,1,19-21,32H2,2-5H3/b30-8+,33-7?. The molecule has 0 spiro atoms. The van der Waals surface area contributed by atoms with Gasteiger partial charge in [-0.3, -0.25) is 0 Å². The van der Waals surface area contributed by atoms with Gasteiger partial charge in [-0.25, -0.2) is 4.99 Å². The van der Waals surface area contributed by atoms with Crippen molar-refractivity contribution in [2.24, 2.45) is 22.6 Å². The minimum atomic E-state index is -0.0348. The molecule has 0 amide bonds. The summed E-state index contributed by atoms with van der Waals surface area (Å²) >= 11 is 0. The number of allylic oxidation sites excluding steroid dienone is 6. The second kappa shape index (κ2) is 11.8. The van der Waals surface area contributed by atoms with Crippen molar-refractivity contribution in [2.75, 3.05) is 11.9 Å². The maximum atomic E-state index is 5.85. The van der Waals surface area contributed by atoms with Crippen molar-refractivity contribution in [3.63, 3.8) is 0 Å². The lowest BCUT2D eigenvalue weighted by molar-refractivity contribution is 0.464.